The molecule has 0 atom stereocenters. The Balaban J connectivity index is 1.89. The Kier molecular flexibility index (Phi) is 4.26. The molecule has 1 saturated heterocycles. The van der Waals surface area contributed by atoms with Crippen LogP contribution in [0.25, 0.3) is 0 Å². The van der Waals surface area contributed by atoms with Crippen molar-refractivity contribution >= 4 is 25.1 Å². The second-order valence-electron chi connectivity index (χ2n) is 6.05. The van der Waals surface area contributed by atoms with Gasteiger partial charge in [0.2, 0.25) is 0 Å². The quantitative estimate of drug-likeness (QED) is 0.727. The van der Waals surface area contributed by atoms with E-state index in [2.05, 4.69) is 4.90 Å². The summed E-state index contributed by atoms with van der Waals surface area (Å²) >= 11 is 0. The number of carbonyl (C=O) groups is 1. The Morgan fingerprint density at radius 3 is 2.15 bits per heavy atom. The Morgan fingerprint density at radius 2 is 1.65 bits per heavy atom. The van der Waals surface area contributed by atoms with Crippen molar-refractivity contribution in [2.75, 3.05) is 31.1 Å². The van der Waals surface area contributed by atoms with Crippen molar-refractivity contribution in [2.24, 2.45) is 0 Å². The Hall–Kier alpha value is -1.65. The van der Waals surface area contributed by atoms with Gasteiger partial charge in [-0.05, 0) is 32.9 Å². The van der Waals surface area contributed by atoms with Crippen molar-refractivity contribution in [3.05, 3.63) is 24.3 Å². The first-order valence-electron chi connectivity index (χ1n) is 6.93. The zero-order valence-electron chi connectivity index (χ0n) is 12.4. The number of ether oxygens (including phenoxy) is 1. The van der Waals surface area contributed by atoms with Gasteiger partial charge in [-0.15, -0.1) is 0 Å². The van der Waals surface area contributed by atoms with Gasteiger partial charge in [0.25, 0.3) is 0 Å². The van der Waals surface area contributed by atoms with Gasteiger partial charge in [0.1, 0.15) is 13.4 Å². The van der Waals surface area contributed by atoms with Crippen molar-refractivity contribution in [1.29, 1.82) is 0 Å². The molecule has 1 aliphatic heterocycles. The fourth-order valence-corrected chi connectivity index (χ4v) is 2.16. The van der Waals surface area contributed by atoms with Crippen molar-refractivity contribution in [2.45, 2.75) is 26.4 Å². The number of anilines is 1. The lowest BCUT2D eigenvalue weighted by atomic mass is 9.96. The van der Waals surface area contributed by atoms with Gasteiger partial charge >= 0.3 is 6.09 Å². The maximum atomic E-state index is 12.0. The van der Waals surface area contributed by atoms with Crippen LogP contribution in [0.4, 0.5) is 10.5 Å². The summed E-state index contributed by atoms with van der Waals surface area (Å²) in [5.74, 6) is 0. The van der Waals surface area contributed by atoms with E-state index >= 15 is 0 Å². The van der Waals surface area contributed by atoms with Crippen LogP contribution >= 0.6 is 0 Å². The summed E-state index contributed by atoms with van der Waals surface area (Å²) in [6.07, 6.45) is -0.227. The zero-order valence-corrected chi connectivity index (χ0v) is 12.4. The van der Waals surface area contributed by atoms with Gasteiger partial charge in [-0.3, -0.25) is 0 Å². The summed E-state index contributed by atoms with van der Waals surface area (Å²) < 4.78 is 5.39. The van der Waals surface area contributed by atoms with E-state index in [9.17, 15) is 4.79 Å². The molecule has 2 radical (unpaired) electrons. The van der Waals surface area contributed by atoms with E-state index in [1.807, 2.05) is 45.0 Å². The van der Waals surface area contributed by atoms with Crippen LogP contribution in [-0.4, -0.2) is 50.6 Å². The summed E-state index contributed by atoms with van der Waals surface area (Å²) in [6, 6.07) is 7.82. The van der Waals surface area contributed by atoms with Gasteiger partial charge in [0.05, 0.1) is 0 Å². The van der Waals surface area contributed by atoms with E-state index < -0.39 is 5.60 Å². The van der Waals surface area contributed by atoms with E-state index in [0.717, 1.165) is 24.2 Å². The van der Waals surface area contributed by atoms with Crippen LogP contribution < -0.4 is 10.4 Å². The predicted octanol–water partition coefficient (Wildman–Crippen LogP) is 1.54. The van der Waals surface area contributed by atoms with Crippen LogP contribution in [0, 0.1) is 0 Å². The number of amides is 1. The first-order valence-corrected chi connectivity index (χ1v) is 6.93. The van der Waals surface area contributed by atoms with Crippen LogP contribution in [0.2, 0.25) is 0 Å². The van der Waals surface area contributed by atoms with E-state index in [1.54, 1.807) is 4.90 Å². The molecule has 1 amide bonds. The van der Waals surface area contributed by atoms with Gasteiger partial charge in [0, 0.05) is 31.9 Å². The van der Waals surface area contributed by atoms with Crippen LogP contribution in [-0.2, 0) is 4.74 Å². The molecular formula is C15H21BN2O2. The minimum Gasteiger partial charge on any atom is -0.444 e. The van der Waals surface area contributed by atoms with Crippen molar-refractivity contribution < 1.29 is 9.53 Å². The third kappa shape index (κ3) is 3.92. The second kappa shape index (κ2) is 5.77. The number of hydrogen-bond acceptors (Lipinski definition) is 3. The standard InChI is InChI=1S/C15H21BN2O2/c1-15(2,3)20-14(19)18-10-8-17(9-11-18)13-6-4-12(16)5-7-13/h4-7H,8-11H2,1-3H3. The molecule has 4 nitrogen and oxygen atoms in total. The highest BCUT2D eigenvalue weighted by atomic mass is 16.6. The minimum absolute atomic E-state index is 0.227. The fraction of sp³-hybridized carbons (Fsp3) is 0.533. The molecular weight excluding hydrogens is 251 g/mol. The number of hydrogen-bond donors (Lipinski definition) is 0. The Morgan fingerprint density at radius 1 is 1.10 bits per heavy atom. The molecule has 1 aliphatic rings. The van der Waals surface area contributed by atoms with Gasteiger partial charge in [-0.1, -0.05) is 17.6 Å². The van der Waals surface area contributed by atoms with Gasteiger partial charge in [-0.2, -0.15) is 0 Å². The number of carbonyl (C=O) groups excluding carboxylic acids is 1. The summed E-state index contributed by atoms with van der Waals surface area (Å²) in [5.41, 5.74) is 1.47. The Labute approximate surface area is 122 Å². The highest BCUT2D eigenvalue weighted by Crippen LogP contribution is 2.16. The molecule has 20 heavy (non-hydrogen) atoms. The number of benzene rings is 1. The first kappa shape index (κ1) is 14.8. The summed E-state index contributed by atoms with van der Waals surface area (Å²) in [5, 5.41) is 0. The first-order chi connectivity index (χ1) is 9.35. The third-order valence-corrected chi connectivity index (χ3v) is 3.19. The molecule has 106 valence electrons. The summed E-state index contributed by atoms with van der Waals surface area (Å²) in [6.45, 7) is 8.63. The molecule has 0 N–H and O–H groups in total. The van der Waals surface area contributed by atoms with Gasteiger partial charge in [-0.25, -0.2) is 4.79 Å². The maximum Gasteiger partial charge on any atom is 0.410 e. The van der Waals surface area contributed by atoms with Crippen molar-refractivity contribution in [3.63, 3.8) is 0 Å². The van der Waals surface area contributed by atoms with E-state index in [1.165, 1.54) is 0 Å². The van der Waals surface area contributed by atoms with Crippen LogP contribution in [0.1, 0.15) is 20.8 Å². The molecule has 1 fully saturated rings. The average Bonchev–Trinajstić information content (AvgIpc) is 2.38. The van der Waals surface area contributed by atoms with Crippen LogP contribution in [0.15, 0.2) is 24.3 Å². The zero-order chi connectivity index (χ0) is 14.8. The van der Waals surface area contributed by atoms with Gasteiger partial charge in [0.15, 0.2) is 0 Å². The molecule has 1 aromatic carbocycles. The molecule has 2 rings (SSSR count). The smallest absolute Gasteiger partial charge is 0.410 e. The largest absolute Gasteiger partial charge is 0.444 e. The average molecular weight is 272 g/mol. The van der Waals surface area contributed by atoms with Crippen molar-refractivity contribution in [3.8, 4) is 0 Å². The third-order valence-electron chi connectivity index (χ3n) is 3.19. The van der Waals surface area contributed by atoms with E-state index in [-0.39, 0.29) is 6.09 Å². The summed E-state index contributed by atoms with van der Waals surface area (Å²) in [4.78, 5) is 16.0. The molecule has 5 heteroatoms. The second-order valence-corrected chi connectivity index (χ2v) is 6.05. The van der Waals surface area contributed by atoms with Gasteiger partial charge < -0.3 is 14.5 Å². The number of rotatable bonds is 1. The molecule has 1 heterocycles. The lowest BCUT2D eigenvalue weighted by molar-refractivity contribution is 0.0240. The maximum absolute atomic E-state index is 12.0. The molecule has 0 aromatic heterocycles. The molecule has 1 aromatic rings. The molecule has 0 saturated carbocycles. The predicted molar refractivity (Wildman–Crippen MR) is 81.9 cm³/mol. The lowest BCUT2D eigenvalue weighted by Gasteiger charge is -2.36. The fourth-order valence-electron chi connectivity index (χ4n) is 2.16. The van der Waals surface area contributed by atoms with Crippen LogP contribution in [0.5, 0.6) is 0 Å². The number of piperazine rings is 1. The monoisotopic (exact) mass is 272 g/mol. The SMILES string of the molecule is [B]c1ccc(N2CCN(C(=O)OC(C)(C)C)CC2)cc1. The van der Waals surface area contributed by atoms with Crippen LogP contribution in [0.3, 0.4) is 0 Å². The summed E-state index contributed by atoms with van der Waals surface area (Å²) in [7, 11) is 5.69. The lowest BCUT2D eigenvalue weighted by Crippen LogP contribution is -2.50. The van der Waals surface area contributed by atoms with E-state index in [4.69, 9.17) is 12.6 Å². The molecule has 0 bridgehead atoms. The van der Waals surface area contributed by atoms with E-state index in [0.29, 0.717) is 13.1 Å². The molecule has 0 spiro atoms. The number of nitrogens with zero attached hydrogens (tertiary/aromatic N) is 2. The highest BCUT2D eigenvalue weighted by Gasteiger charge is 2.25. The van der Waals surface area contributed by atoms with Crippen molar-refractivity contribution in [1.82, 2.24) is 4.90 Å². The molecule has 0 aliphatic carbocycles. The highest BCUT2D eigenvalue weighted by molar-refractivity contribution is 6.32. The Bertz CT molecular complexity index is 460. The minimum atomic E-state index is -0.439. The topological polar surface area (TPSA) is 32.8 Å². The normalized spacial score (nSPS) is 16.1. The molecule has 0 unspecified atom stereocenters.